The normalized spacial score (nSPS) is 36.0. The lowest BCUT2D eigenvalue weighted by Gasteiger charge is -2.51. The highest BCUT2D eigenvalue weighted by Gasteiger charge is 2.52. The van der Waals surface area contributed by atoms with Crippen LogP contribution in [0.15, 0.2) is 0 Å². The maximum Gasteiger partial charge on any atom is 0.453 e. The zero-order valence-electron chi connectivity index (χ0n) is 15.6. The molecule has 2 aliphatic rings. The summed E-state index contributed by atoms with van der Waals surface area (Å²) in [6.45, 7) is 15.4. The van der Waals surface area contributed by atoms with Crippen molar-refractivity contribution in [2.45, 2.75) is 76.8 Å². The van der Waals surface area contributed by atoms with E-state index in [2.05, 4.69) is 39.3 Å². The quantitative estimate of drug-likeness (QED) is 0.700. The Morgan fingerprint density at radius 3 is 2.04 bits per heavy atom. The second-order valence-corrected chi connectivity index (χ2v) is 17.1. The molecule has 0 bridgehead atoms. The second-order valence-electron chi connectivity index (χ2n) is 8.17. The van der Waals surface area contributed by atoms with Gasteiger partial charge in [-0.15, -0.1) is 0 Å². The van der Waals surface area contributed by atoms with Gasteiger partial charge in [-0.3, -0.25) is 0 Å². The maximum atomic E-state index is 6.48. The van der Waals surface area contributed by atoms with Crippen molar-refractivity contribution in [1.29, 1.82) is 0 Å². The number of hydrogen-bond donors (Lipinski definition) is 0. The molecule has 0 aromatic carbocycles. The molecule has 0 spiro atoms. The summed E-state index contributed by atoms with van der Waals surface area (Å²) >= 11 is 0. The van der Waals surface area contributed by atoms with Crippen LogP contribution in [-0.2, 0) is 27.6 Å². The topological polar surface area (TPSA) is 55.4 Å². The molecule has 6 nitrogen and oxygen atoms in total. The van der Waals surface area contributed by atoms with Crippen molar-refractivity contribution in [1.82, 2.24) is 0 Å². The van der Waals surface area contributed by atoms with Crippen LogP contribution < -0.4 is 0 Å². The molecule has 9 heteroatoms. The maximum absolute atomic E-state index is 6.48. The summed E-state index contributed by atoms with van der Waals surface area (Å²) in [5.74, 6) is 0. The highest BCUT2D eigenvalue weighted by molar-refractivity contribution is 6.70. The minimum Gasteiger partial charge on any atom is -0.409 e. The van der Waals surface area contributed by atoms with E-state index in [1.54, 1.807) is 7.11 Å². The van der Waals surface area contributed by atoms with Crippen molar-refractivity contribution in [3.8, 4) is 0 Å². The number of rotatable bonds is 5. The van der Waals surface area contributed by atoms with Gasteiger partial charge in [0, 0.05) is 7.11 Å². The van der Waals surface area contributed by atoms with Crippen molar-refractivity contribution in [2.75, 3.05) is 13.7 Å². The van der Waals surface area contributed by atoms with E-state index in [9.17, 15) is 0 Å². The van der Waals surface area contributed by atoms with Crippen molar-refractivity contribution in [3.63, 3.8) is 0 Å². The van der Waals surface area contributed by atoms with E-state index in [0.717, 1.165) is 0 Å². The first-order valence-electron chi connectivity index (χ1n) is 8.31. The fraction of sp³-hybridized carbons (Fsp3) is 1.00. The third-order valence-electron chi connectivity index (χ3n) is 3.65. The lowest BCUT2D eigenvalue weighted by atomic mass is 9.88. The van der Waals surface area contributed by atoms with Crippen LogP contribution in [0, 0.1) is 0 Å². The molecule has 2 aliphatic heterocycles. The van der Waals surface area contributed by atoms with Gasteiger partial charge >= 0.3 is 7.12 Å². The Morgan fingerprint density at radius 1 is 0.957 bits per heavy atom. The lowest BCUT2D eigenvalue weighted by molar-refractivity contribution is -0.292. The minimum atomic E-state index is -1.80. The lowest BCUT2D eigenvalue weighted by Crippen LogP contribution is -2.67. The van der Waals surface area contributed by atoms with E-state index in [-0.39, 0.29) is 31.5 Å². The van der Waals surface area contributed by atoms with Gasteiger partial charge in [-0.25, -0.2) is 0 Å². The molecule has 0 saturated carbocycles. The molecule has 0 aromatic rings. The Hall–Kier alpha value is 0.259. The second kappa shape index (κ2) is 7.25. The summed E-state index contributed by atoms with van der Waals surface area (Å²) in [7, 11) is -2.23. The average molecular weight is 362 g/mol. The standard InChI is InChI=1S/C14H31BO6Si2/c1-15-17-9-10-11(19-15)12(20-22(3,4)5)13(14(16-2)18-10)21-23(6,7)8/h10-14H,9H2,1-8H3. The smallest absolute Gasteiger partial charge is 0.409 e. The van der Waals surface area contributed by atoms with Gasteiger partial charge in [0.25, 0.3) is 0 Å². The highest BCUT2D eigenvalue weighted by atomic mass is 28.4. The molecule has 0 amide bonds. The third-order valence-corrected chi connectivity index (χ3v) is 5.61. The molecule has 134 valence electrons. The van der Waals surface area contributed by atoms with E-state index in [4.69, 9.17) is 27.6 Å². The predicted molar refractivity (Wildman–Crippen MR) is 94.6 cm³/mol. The van der Waals surface area contributed by atoms with Crippen LogP contribution in [0.3, 0.4) is 0 Å². The van der Waals surface area contributed by atoms with Crippen molar-refractivity contribution in [2.24, 2.45) is 0 Å². The molecule has 0 aromatic heterocycles. The highest BCUT2D eigenvalue weighted by Crippen LogP contribution is 2.34. The predicted octanol–water partition coefficient (Wildman–Crippen LogP) is 2.33. The molecule has 0 N–H and O–H groups in total. The first kappa shape index (κ1) is 19.6. The SMILES string of the molecule is COC1OC2COB(C)OC2C(O[Si](C)(C)C)C1O[Si](C)(C)C. The molecule has 2 fully saturated rings. The molecule has 2 saturated heterocycles. The van der Waals surface area contributed by atoms with Gasteiger partial charge in [0.05, 0.1) is 12.7 Å². The summed E-state index contributed by atoms with van der Waals surface area (Å²) in [6, 6.07) is 0. The summed E-state index contributed by atoms with van der Waals surface area (Å²) in [5, 5.41) is 0. The molecule has 2 rings (SSSR count). The van der Waals surface area contributed by atoms with E-state index in [1.165, 1.54) is 0 Å². The monoisotopic (exact) mass is 362 g/mol. The van der Waals surface area contributed by atoms with Gasteiger partial charge in [0.15, 0.2) is 22.9 Å². The van der Waals surface area contributed by atoms with Crippen LogP contribution in [0.1, 0.15) is 0 Å². The molecule has 0 aliphatic carbocycles. The van der Waals surface area contributed by atoms with E-state index in [1.807, 2.05) is 6.82 Å². The van der Waals surface area contributed by atoms with Gasteiger partial charge in [-0.05, 0) is 46.1 Å². The zero-order chi connectivity index (χ0) is 17.4. The third kappa shape index (κ3) is 5.37. The molecular formula is C14H31BO6Si2. The Labute approximate surface area is 142 Å². The van der Waals surface area contributed by atoms with Crippen molar-refractivity contribution in [3.05, 3.63) is 0 Å². The van der Waals surface area contributed by atoms with Crippen molar-refractivity contribution < 1.29 is 27.6 Å². The zero-order valence-corrected chi connectivity index (χ0v) is 17.6. The van der Waals surface area contributed by atoms with Crippen LogP contribution in [0.5, 0.6) is 0 Å². The number of fused-ring (bicyclic) bond motifs is 1. The summed E-state index contributed by atoms with van der Waals surface area (Å²) in [5.41, 5.74) is 0. The molecule has 2 heterocycles. The van der Waals surface area contributed by atoms with Gasteiger partial charge in [0.1, 0.15) is 18.3 Å². The Kier molecular flexibility index (Phi) is 6.17. The van der Waals surface area contributed by atoms with Crippen LogP contribution in [0.4, 0.5) is 0 Å². The number of hydrogen-bond acceptors (Lipinski definition) is 6. The largest absolute Gasteiger partial charge is 0.453 e. The van der Waals surface area contributed by atoms with E-state index in [0.29, 0.717) is 6.61 Å². The van der Waals surface area contributed by atoms with Gasteiger partial charge in [-0.2, -0.15) is 0 Å². The van der Waals surface area contributed by atoms with Crippen LogP contribution in [0.2, 0.25) is 46.1 Å². The molecule has 23 heavy (non-hydrogen) atoms. The minimum absolute atomic E-state index is 0.195. The van der Waals surface area contributed by atoms with Crippen LogP contribution in [0.25, 0.3) is 0 Å². The molecule has 0 radical (unpaired) electrons. The molecule has 5 unspecified atom stereocenters. The Balaban J connectivity index is 2.29. The fourth-order valence-corrected chi connectivity index (χ4v) is 5.08. The summed E-state index contributed by atoms with van der Waals surface area (Å²) in [4.78, 5) is 0. The first-order chi connectivity index (χ1) is 10.5. The first-order valence-corrected chi connectivity index (χ1v) is 15.1. The van der Waals surface area contributed by atoms with E-state index < -0.39 is 22.9 Å². The Morgan fingerprint density at radius 2 is 1.52 bits per heavy atom. The van der Waals surface area contributed by atoms with Gasteiger partial charge in [0.2, 0.25) is 0 Å². The van der Waals surface area contributed by atoms with Crippen LogP contribution in [-0.4, -0.2) is 68.2 Å². The van der Waals surface area contributed by atoms with Crippen LogP contribution >= 0.6 is 0 Å². The van der Waals surface area contributed by atoms with E-state index >= 15 is 0 Å². The number of methoxy groups -OCH3 is 1. The Bertz CT molecular complexity index is 400. The molecular weight excluding hydrogens is 331 g/mol. The number of ether oxygens (including phenoxy) is 2. The average Bonchev–Trinajstić information content (AvgIpc) is 2.38. The van der Waals surface area contributed by atoms with Gasteiger partial charge in [-0.1, -0.05) is 0 Å². The summed E-state index contributed by atoms with van der Waals surface area (Å²) < 4.78 is 36.1. The molecule has 5 atom stereocenters. The van der Waals surface area contributed by atoms with Crippen molar-refractivity contribution >= 4 is 23.8 Å². The van der Waals surface area contributed by atoms with Gasteiger partial charge < -0.3 is 27.6 Å². The summed E-state index contributed by atoms with van der Waals surface area (Å²) in [6.07, 6.45) is -1.35. The fourth-order valence-electron chi connectivity index (χ4n) is 2.93.